The van der Waals surface area contributed by atoms with Gasteiger partial charge in [-0.3, -0.25) is 0 Å². The first-order valence-electron chi connectivity index (χ1n) is 12.5. The average Bonchev–Trinajstić information content (AvgIpc) is 2.78. The summed E-state index contributed by atoms with van der Waals surface area (Å²) in [5.41, 5.74) is 1.52. The van der Waals surface area contributed by atoms with Crippen molar-refractivity contribution >= 4 is 0 Å². The summed E-state index contributed by atoms with van der Waals surface area (Å²) in [6.07, 6.45) is -2.05. The number of fused-ring (bicyclic) bond motifs is 1. The van der Waals surface area contributed by atoms with Gasteiger partial charge in [-0.2, -0.15) is 0 Å². The zero-order chi connectivity index (χ0) is 25.4. The van der Waals surface area contributed by atoms with Crippen molar-refractivity contribution in [3.05, 3.63) is 23.8 Å². The molecule has 0 amide bonds. The minimum atomic E-state index is -1.51. The molecule has 6 N–H and O–H groups in total. The van der Waals surface area contributed by atoms with Gasteiger partial charge >= 0.3 is 0 Å². The lowest BCUT2D eigenvalue weighted by molar-refractivity contribution is -0.313. The van der Waals surface area contributed by atoms with Crippen LogP contribution in [0.4, 0.5) is 0 Å². The maximum absolute atomic E-state index is 10.9. The molecule has 1 saturated heterocycles. The van der Waals surface area contributed by atoms with E-state index in [0.29, 0.717) is 12.8 Å². The van der Waals surface area contributed by atoms with Gasteiger partial charge in [-0.1, -0.05) is 39.0 Å². The summed E-state index contributed by atoms with van der Waals surface area (Å²) < 4.78 is 11.8. The number of allylic oxidation sites excluding steroid dienone is 1. The minimum Gasteiger partial charge on any atom is -0.394 e. The summed E-state index contributed by atoms with van der Waals surface area (Å²) in [6.45, 7) is 12.3. The SMILES string of the molecule is C=C1[C@H](O[C@@H]2O[C@H](CO)[C@@H](O)[C@H](O)[C@@H]2O)C[C@@H]2C(C)(C)[C@H](O)CC[C@@]2(C)[C@H]1CC/C(C)=C\CO. The Kier molecular flexibility index (Phi) is 8.69. The molecule has 1 heterocycles. The molecule has 10 atom stereocenters. The van der Waals surface area contributed by atoms with Crippen molar-refractivity contribution in [3.63, 3.8) is 0 Å². The first kappa shape index (κ1) is 27.7. The second-order valence-electron chi connectivity index (χ2n) is 11.4. The van der Waals surface area contributed by atoms with E-state index in [4.69, 9.17) is 9.47 Å². The van der Waals surface area contributed by atoms with E-state index in [1.807, 2.05) is 13.0 Å². The Morgan fingerprint density at radius 3 is 2.41 bits per heavy atom. The third kappa shape index (κ3) is 5.02. The van der Waals surface area contributed by atoms with Crippen LogP contribution in [0.2, 0.25) is 0 Å². The summed E-state index contributed by atoms with van der Waals surface area (Å²) >= 11 is 0. The number of hydrogen-bond donors (Lipinski definition) is 6. The quantitative estimate of drug-likeness (QED) is 0.235. The Hall–Kier alpha value is -0.840. The number of aliphatic hydroxyl groups is 6. The highest BCUT2D eigenvalue weighted by molar-refractivity contribution is 5.22. The summed E-state index contributed by atoms with van der Waals surface area (Å²) in [7, 11) is 0. The van der Waals surface area contributed by atoms with Gasteiger partial charge in [0.25, 0.3) is 0 Å². The second kappa shape index (κ2) is 10.6. The molecule has 0 unspecified atom stereocenters. The normalized spacial score (nSPS) is 45.2. The molecule has 3 fully saturated rings. The lowest BCUT2D eigenvalue weighted by Gasteiger charge is -2.61. The van der Waals surface area contributed by atoms with Crippen LogP contribution in [0.15, 0.2) is 23.8 Å². The number of hydrogen-bond acceptors (Lipinski definition) is 8. The van der Waals surface area contributed by atoms with E-state index in [-0.39, 0.29) is 29.3 Å². The molecule has 0 bridgehead atoms. The number of ether oxygens (including phenoxy) is 2. The highest BCUT2D eigenvalue weighted by Crippen LogP contribution is 2.62. The van der Waals surface area contributed by atoms with E-state index in [1.165, 1.54) is 0 Å². The fourth-order valence-corrected chi connectivity index (χ4v) is 6.71. The van der Waals surface area contributed by atoms with E-state index < -0.39 is 49.5 Å². The van der Waals surface area contributed by atoms with Crippen molar-refractivity contribution in [1.29, 1.82) is 0 Å². The van der Waals surface area contributed by atoms with Crippen LogP contribution in [-0.4, -0.2) is 86.8 Å². The summed E-state index contributed by atoms with van der Waals surface area (Å²) in [5, 5.41) is 60.5. The monoisotopic (exact) mass is 484 g/mol. The summed E-state index contributed by atoms with van der Waals surface area (Å²) in [4.78, 5) is 0. The second-order valence-corrected chi connectivity index (χ2v) is 11.4. The van der Waals surface area contributed by atoms with Crippen LogP contribution in [-0.2, 0) is 9.47 Å². The van der Waals surface area contributed by atoms with Gasteiger partial charge in [-0.15, -0.1) is 0 Å². The third-order valence-corrected chi connectivity index (χ3v) is 9.03. The van der Waals surface area contributed by atoms with Crippen molar-refractivity contribution in [3.8, 4) is 0 Å². The van der Waals surface area contributed by atoms with Crippen LogP contribution in [0.3, 0.4) is 0 Å². The number of aliphatic hydroxyl groups excluding tert-OH is 6. The Balaban J connectivity index is 1.89. The van der Waals surface area contributed by atoms with Crippen molar-refractivity contribution in [2.45, 2.75) is 103 Å². The van der Waals surface area contributed by atoms with Gasteiger partial charge in [0.15, 0.2) is 6.29 Å². The van der Waals surface area contributed by atoms with Crippen molar-refractivity contribution in [1.82, 2.24) is 0 Å². The van der Waals surface area contributed by atoms with E-state index in [2.05, 4.69) is 27.4 Å². The molecule has 196 valence electrons. The molecule has 0 aromatic carbocycles. The lowest BCUT2D eigenvalue weighted by Crippen LogP contribution is -2.61. The average molecular weight is 485 g/mol. The highest BCUT2D eigenvalue weighted by Gasteiger charge is 2.58. The predicted molar refractivity (Wildman–Crippen MR) is 127 cm³/mol. The molecule has 0 radical (unpaired) electrons. The van der Waals surface area contributed by atoms with Crippen LogP contribution < -0.4 is 0 Å². The van der Waals surface area contributed by atoms with Gasteiger partial charge in [0.2, 0.25) is 0 Å². The first-order chi connectivity index (χ1) is 15.9. The van der Waals surface area contributed by atoms with Crippen LogP contribution in [0.25, 0.3) is 0 Å². The molecule has 3 rings (SSSR count). The molecular weight excluding hydrogens is 440 g/mol. The van der Waals surface area contributed by atoms with Gasteiger partial charge in [-0.25, -0.2) is 0 Å². The molecule has 0 spiro atoms. The fraction of sp³-hybridized carbons (Fsp3) is 0.846. The Morgan fingerprint density at radius 1 is 1.12 bits per heavy atom. The van der Waals surface area contributed by atoms with Crippen LogP contribution in [0.5, 0.6) is 0 Å². The molecule has 1 aliphatic heterocycles. The fourth-order valence-electron chi connectivity index (χ4n) is 6.71. The smallest absolute Gasteiger partial charge is 0.187 e. The van der Waals surface area contributed by atoms with E-state index in [0.717, 1.165) is 30.4 Å². The molecule has 2 aliphatic carbocycles. The molecule has 34 heavy (non-hydrogen) atoms. The van der Waals surface area contributed by atoms with Gasteiger partial charge in [-0.05, 0) is 67.3 Å². The maximum atomic E-state index is 10.9. The van der Waals surface area contributed by atoms with E-state index >= 15 is 0 Å². The Bertz CT molecular complexity index is 749. The van der Waals surface area contributed by atoms with Gasteiger partial charge < -0.3 is 40.1 Å². The topological polar surface area (TPSA) is 140 Å². The first-order valence-corrected chi connectivity index (χ1v) is 12.5. The minimum absolute atomic E-state index is 0.000588. The number of rotatable bonds is 7. The van der Waals surface area contributed by atoms with Crippen LogP contribution in [0.1, 0.15) is 59.8 Å². The molecule has 0 aromatic heterocycles. The largest absolute Gasteiger partial charge is 0.394 e. The third-order valence-electron chi connectivity index (χ3n) is 9.03. The van der Waals surface area contributed by atoms with Crippen LogP contribution >= 0.6 is 0 Å². The lowest BCUT2D eigenvalue weighted by atomic mass is 9.46. The van der Waals surface area contributed by atoms with Gasteiger partial charge in [0, 0.05) is 0 Å². The maximum Gasteiger partial charge on any atom is 0.187 e. The zero-order valence-corrected chi connectivity index (χ0v) is 20.9. The summed E-state index contributed by atoms with van der Waals surface area (Å²) in [5.74, 6) is 0.186. The Labute approximate surface area is 202 Å². The van der Waals surface area contributed by atoms with E-state index in [1.54, 1.807) is 0 Å². The Morgan fingerprint density at radius 2 is 1.79 bits per heavy atom. The predicted octanol–water partition coefficient (Wildman–Crippen LogP) is 1.27. The summed E-state index contributed by atoms with van der Waals surface area (Å²) in [6, 6.07) is 0. The molecule has 3 aliphatic rings. The van der Waals surface area contributed by atoms with Crippen LogP contribution in [0, 0.1) is 22.7 Å². The van der Waals surface area contributed by atoms with Crippen molar-refractivity contribution < 1.29 is 40.1 Å². The van der Waals surface area contributed by atoms with Crippen molar-refractivity contribution in [2.24, 2.45) is 22.7 Å². The molecular formula is C26H44O8. The highest BCUT2D eigenvalue weighted by atomic mass is 16.7. The zero-order valence-electron chi connectivity index (χ0n) is 20.9. The molecule has 8 nitrogen and oxygen atoms in total. The van der Waals surface area contributed by atoms with Crippen molar-refractivity contribution in [2.75, 3.05) is 13.2 Å². The molecule has 2 saturated carbocycles. The molecule has 0 aromatic rings. The van der Waals surface area contributed by atoms with Gasteiger partial charge in [0.1, 0.15) is 24.4 Å². The molecule has 8 heteroatoms. The standard InChI is InChI=1S/C26H44O8/c1-14(9-11-27)6-7-16-15(2)17(12-19-25(3,4)20(29)8-10-26(16,19)5)33-24-23(32)22(31)21(30)18(13-28)34-24/h9,16-24,27-32H,2,6-8,10-13H2,1,3-5H3/b14-9-/t16-,17+,18+,19+,20+,21+,22-,23-,24+,26-/m0/s1. The van der Waals surface area contributed by atoms with E-state index in [9.17, 15) is 30.6 Å². The van der Waals surface area contributed by atoms with Gasteiger partial charge in [0.05, 0.1) is 25.4 Å².